The molecule has 0 aromatic heterocycles. The minimum absolute atomic E-state index is 0.0955. The van der Waals surface area contributed by atoms with Gasteiger partial charge in [-0.05, 0) is 13.3 Å². The van der Waals surface area contributed by atoms with E-state index in [2.05, 4.69) is 11.7 Å². The Balaban J connectivity index is 3.50. The fraction of sp³-hybridized carbons (Fsp3) is 0.950. The summed E-state index contributed by atoms with van der Waals surface area (Å²) < 4.78 is 18.4. The molecule has 0 radical (unpaired) electrons. The van der Waals surface area contributed by atoms with Gasteiger partial charge in [0.2, 0.25) is 0 Å². The zero-order chi connectivity index (χ0) is 18.9. The molecule has 0 bridgehead atoms. The molecule has 0 saturated heterocycles. The molecule has 0 amide bonds. The zero-order valence-corrected chi connectivity index (χ0v) is 16.2. The molecule has 4 nitrogen and oxygen atoms in total. The van der Waals surface area contributed by atoms with Crippen LogP contribution in [0.1, 0.15) is 97.3 Å². The van der Waals surface area contributed by atoms with Crippen molar-refractivity contribution in [3.63, 3.8) is 0 Å². The van der Waals surface area contributed by atoms with Crippen LogP contribution < -0.4 is 0 Å². The molecule has 0 fully saturated rings. The maximum atomic E-state index is 13.8. The summed E-state index contributed by atoms with van der Waals surface area (Å²) in [4.78, 5) is 11.3. The summed E-state index contributed by atoms with van der Waals surface area (Å²) in [6, 6.07) is 0. The van der Waals surface area contributed by atoms with Gasteiger partial charge in [-0.25, -0.2) is 9.18 Å². The molecule has 0 heterocycles. The fourth-order valence-corrected chi connectivity index (χ4v) is 2.92. The molecule has 0 saturated carbocycles. The molecule has 25 heavy (non-hydrogen) atoms. The molecule has 2 N–H and O–H groups in total. The number of esters is 1. The van der Waals surface area contributed by atoms with Crippen molar-refractivity contribution in [2.24, 2.45) is 0 Å². The maximum Gasteiger partial charge on any atom is 0.337 e. The van der Waals surface area contributed by atoms with Crippen molar-refractivity contribution in [3.8, 4) is 0 Å². The minimum Gasteiger partial charge on any atom is -0.464 e. The third kappa shape index (κ3) is 13.2. The molecule has 3 atom stereocenters. The largest absolute Gasteiger partial charge is 0.464 e. The van der Waals surface area contributed by atoms with Gasteiger partial charge in [0.05, 0.1) is 6.61 Å². The highest BCUT2D eigenvalue weighted by atomic mass is 19.1. The van der Waals surface area contributed by atoms with Gasteiger partial charge >= 0.3 is 5.97 Å². The molecule has 0 aliphatic rings. The zero-order valence-electron chi connectivity index (χ0n) is 16.2. The molecular formula is C20H39FO4. The van der Waals surface area contributed by atoms with E-state index in [1.54, 1.807) is 6.92 Å². The van der Waals surface area contributed by atoms with Gasteiger partial charge in [0.25, 0.3) is 0 Å². The second kappa shape index (κ2) is 16.8. The quantitative estimate of drug-likeness (QED) is 0.291. The number of rotatable bonds is 17. The van der Waals surface area contributed by atoms with Crippen LogP contribution in [-0.2, 0) is 9.53 Å². The number of alkyl halides is 1. The van der Waals surface area contributed by atoms with Crippen LogP contribution in [-0.4, -0.2) is 41.2 Å². The van der Waals surface area contributed by atoms with E-state index in [1.165, 1.54) is 57.8 Å². The summed E-state index contributed by atoms with van der Waals surface area (Å²) >= 11 is 0. The Morgan fingerprint density at radius 3 is 1.72 bits per heavy atom. The van der Waals surface area contributed by atoms with Crippen molar-refractivity contribution in [3.05, 3.63) is 0 Å². The number of carbonyl (C=O) groups excluding carboxylic acids is 1. The topological polar surface area (TPSA) is 66.8 Å². The lowest BCUT2D eigenvalue weighted by atomic mass is 10.0. The second-order valence-electron chi connectivity index (χ2n) is 6.88. The van der Waals surface area contributed by atoms with Crippen LogP contribution in [0.15, 0.2) is 0 Å². The van der Waals surface area contributed by atoms with Crippen LogP contribution in [0, 0.1) is 0 Å². The van der Waals surface area contributed by atoms with Crippen LogP contribution in [0.25, 0.3) is 0 Å². The number of aliphatic hydroxyl groups is 2. The van der Waals surface area contributed by atoms with Crippen LogP contribution >= 0.6 is 0 Å². The van der Waals surface area contributed by atoms with Crippen LogP contribution in [0.4, 0.5) is 4.39 Å². The van der Waals surface area contributed by atoms with Gasteiger partial charge in [0.1, 0.15) is 12.3 Å². The standard InChI is InChI=1S/C20H39FO4/c1-3-5-6-7-8-9-10-11-12-13-14-15-16-17(21)18(22)19(23)20(24)25-4-2/h17-19,22-23H,3-16H2,1-2H3/t17-,18-,19+/m1/s1. The van der Waals surface area contributed by atoms with E-state index in [4.69, 9.17) is 0 Å². The van der Waals surface area contributed by atoms with E-state index < -0.39 is 24.3 Å². The lowest BCUT2D eigenvalue weighted by Gasteiger charge is -2.19. The predicted octanol–water partition coefficient (Wildman–Crippen LogP) is 4.70. The number of halogens is 1. The summed E-state index contributed by atoms with van der Waals surface area (Å²) in [6.07, 6.45) is 9.39. The van der Waals surface area contributed by atoms with Crippen molar-refractivity contribution >= 4 is 5.97 Å². The molecule has 0 aliphatic carbocycles. The highest BCUT2D eigenvalue weighted by Gasteiger charge is 2.32. The first-order valence-electron chi connectivity index (χ1n) is 10.2. The third-order valence-corrected chi connectivity index (χ3v) is 4.56. The first-order chi connectivity index (χ1) is 12.0. The lowest BCUT2D eigenvalue weighted by molar-refractivity contribution is -0.162. The third-order valence-electron chi connectivity index (χ3n) is 4.56. The van der Waals surface area contributed by atoms with Gasteiger partial charge in [-0.1, -0.05) is 84.0 Å². The Bertz CT molecular complexity index is 312. The Kier molecular flexibility index (Phi) is 16.3. The van der Waals surface area contributed by atoms with E-state index in [-0.39, 0.29) is 13.0 Å². The maximum absolute atomic E-state index is 13.8. The molecule has 5 heteroatoms. The molecular weight excluding hydrogens is 323 g/mol. The van der Waals surface area contributed by atoms with Crippen LogP contribution in [0.5, 0.6) is 0 Å². The number of ether oxygens (including phenoxy) is 1. The van der Waals surface area contributed by atoms with Gasteiger partial charge < -0.3 is 14.9 Å². The number of aliphatic hydroxyl groups excluding tert-OH is 2. The molecule has 0 aromatic rings. The van der Waals surface area contributed by atoms with Crippen LogP contribution in [0.2, 0.25) is 0 Å². The molecule has 0 rings (SSSR count). The van der Waals surface area contributed by atoms with E-state index in [0.717, 1.165) is 12.8 Å². The van der Waals surface area contributed by atoms with Crippen molar-refractivity contribution in [2.45, 2.75) is 116 Å². The summed E-state index contributed by atoms with van der Waals surface area (Å²) in [5.74, 6) is -0.965. The Hall–Kier alpha value is -0.680. The van der Waals surface area contributed by atoms with E-state index in [1.807, 2.05) is 0 Å². The van der Waals surface area contributed by atoms with Gasteiger partial charge in [-0.3, -0.25) is 0 Å². The molecule has 0 spiro atoms. The van der Waals surface area contributed by atoms with Gasteiger partial charge in [-0.15, -0.1) is 0 Å². The SMILES string of the molecule is CCCCCCCCCCCCCC[C@@H](F)[C@@H](O)[C@H](O)C(=O)OCC. The molecule has 150 valence electrons. The van der Waals surface area contributed by atoms with E-state index in [0.29, 0.717) is 6.42 Å². The number of hydrogen-bond acceptors (Lipinski definition) is 4. The summed E-state index contributed by atoms with van der Waals surface area (Å²) in [5, 5.41) is 19.1. The van der Waals surface area contributed by atoms with E-state index >= 15 is 0 Å². The first-order valence-corrected chi connectivity index (χ1v) is 10.2. The number of carbonyl (C=O) groups is 1. The Labute approximate surface area is 153 Å². The first kappa shape index (κ1) is 24.3. The lowest BCUT2D eigenvalue weighted by Crippen LogP contribution is -2.41. The average Bonchev–Trinajstić information content (AvgIpc) is 2.61. The smallest absolute Gasteiger partial charge is 0.337 e. The number of hydrogen-bond donors (Lipinski definition) is 2. The molecule has 0 aromatic carbocycles. The van der Waals surface area contributed by atoms with Crippen molar-refractivity contribution in [1.29, 1.82) is 0 Å². The van der Waals surface area contributed by atoms with E-state index in [9.17, 15) is 19.4 Å². The highest BCUT2D eigenvalue weighted by Crippen LogP contribution is 2.16. The second-order valence-corrected chi connectivity index (χ2v) is 6.88. The highest BCUT2D eigenvalue weighted by molar-refractivity contribution is 5.75. The normalized spacial score (nSPS) is 14.9. The fourth-order valence-electron chi connectivity index (χ4n) is 2.92. The van der Waals surface area contributed by atoms with Crippen molar-refractivity contribution in [2.75, 3.05) is 6.61 Å². The Morgan fingerprint density at radius 1 is 0.840 bits per heavy atom. The van der Waals surface area contributed by atoms with Gasteiger partial charge in [0.15, 0.2) is 6.10 Å². The average molecular weight is 363 g/mol. The van der Waals surface area contributed by atoms with Crippen LogP contribution in [0.3, 0.4) is 0 Å². The predicted molar refractivity (Wildman–Crippen MR) is 99.2 cm³/mol. The number of unbranched alkanes of at least 4 members (excludes halogenated alkanes) is 11. The summed E-state index contributed by atoms with van der Waals surface area (Å²) in [5.41, 5.74) is 0. The Morgan fingerprint density at radius 2 is 1.28 bits per heavy atom. The van der Waals surface area contributed by atoms with Gasteiger partial charge in [0, 0.05) is 0 Å². The minimum atomic E-state index is -1.80. The summed E-state index contributed by atoms with van der Waals surface area (Å²) in [7, 11) is 0. The molecule has 0 unspecified atom stereocenters. The summed E-state index contributed by atoms with van der Waals surface area (Å²) in [6.45, 7) is 3.92. The monoisotopic (exact) mass is 362 g/mol. The van der Waals surface area contributed by atoms with Gasteiger partial charge in [-0.2, -0.15) is 0 Å². The van der Waals surface area contributed by atoms with Crippen molar-refractivity contribution < 1.29 is 24.1 Å². The molecule has 0 aliphatic heterocycles. The van der Waals surface area contributed by atoms with Crippen molar-refractivity contribution in [1.82, 2.24) is 0 Å².